The van der Waals surface area contributed by atoms with Gasteiger partial charge in [-0.2, -0.15) is 0 Å². The Labute approximate surface area is 274 Å². The van der Waals surface area contributed by atoms with Gasteiger partial charge in [-0.25, -0.2) is 0 Å². The number of likely N-dealkylation sites (tertiary alicyclic amines) is 1. The van der Waals surface area contributed by atoms with Crippen molar-refractivity contribution in [2.45, 2.75) is 194 Å². The van der Waals surface area contributed by atoms with Crippen molar-refractivity contribution < 1.29 is 14.3 Å². The van der Waals surface area contributed by atoms with E-state index in [1.807, 2.05) is 6.08 Å². The minimum atomic E-state index is 0.313. The van der Waals surface area contributed by atoms with Gasteiger partial charge in [0.15, 0.2) is 5.78 Å². The summed E-state index contributed by atoms with van der Waals surface area (Å²) in [5.41, 5.74) is 0. The van der Waals surface area contributed by atoms with Gasteiger partial charge in [-0.3, -0.25) is 9.69 Å². The van der Waals surface area contributed by atoms with Gasteiger partial charge in [0.25, 0.3) is 0 Å². The maximum atomic E-state index is 12.6. The van der Waals surface area contributed by atoms with Crippen molar-refractivity contribution >= 4 is 11.6 Å². The Morgan fingerprint density at radius 2 is 1.27 bits per heavy atom. The Bertz CT molecular complexity index is 689. The second-order valence-electron chi connectivity index (χ2n) is 14.3. The lowest BCUT2D eigenvalue weighted by Crippen LogP contribution is -2.34. The maximum Gasteiger partial charge on any atom is 0.155 e. The summed E-state index contributed by atoms with van der Waals surface area (Å²) in [5.74, 6) is 1.99. The monoisotopic (exact) mass is 618 g/mol. The molecule has 44 heavy (non-hydrogen) atoms. The molecule has 0 N–H and O–H groups in total. The van der Waals surface area contributed by atoms with Crippen LogP contribution in [0.25, 0.3) is 0 Å². The molecule has 0 aromatic heterocycles. The second-order valence-corrected chi connectivity index (χ2v) is 14.3. The van der Waals surface area contributed by atoms with Crippen LogP contribution in [0.15, 0.2) is 12.2 Å². The number of carbonyl (C=O) groups is 2. The molecule has 0 amide bonds. The fourth-order valence-electron chi connectivity index (χ4n) is 6.84. The van der Waals surface area contributed by atoms with Crippen LogP contribution < -0.4 is 0 Å². The van der Waals surface area contributed by atoms with Crippen molar-refractivity contribution in [3.05, 3.63) is 12.2 Å². The second kappa shape index (κ2) is 29.4. The molecular weight excluding hydrogens is 542 g/mol. The van der Waals surface area contributed by atoms with Gasteiger partial charge in [-0.15, -0.1) is 0 Å². The van der Waals surface area contributed by atoms with Crippen LogP contribution in [-0.4, -0.2) is 48.8 Å². The van der Waals surface area contributed by atoms with E-state index in [0.717, 1.165) is 64.2 Å². The first-order valence-corrected chi connectivity index (χ1v) is 19.5. The number of rotatable bonds is 32. The number of carbonyl (C=O) groups excluding carboxylic acids is 2. The number of Topliss-reactive ketones (excluding diaryl/α,β-unsaturated/α-hetero) is 1. The van der Waals surface area contributed by atoms with E-state index >= 15 is 0 Å². The topological polar surface area (TPSA) is 46.6 Å². The first-order chi connectivity index (χ1) is 21.5. The van der Waals surface area contributed by atoms with Crippen LogP contribution in [-0.2, 0) is 14.3 Å². The Kier molecular flexibility index (Phi) is 27.4. The van der Waals surface area contributed by atoms with Crippen LogP contribution in [0.5, 0.6) is 0 Å². The van der Waals surface area contributed by atoms with Gasteiger partial charge < -0.3 is 9.53 Å². The van der Waals surface area contributed by atoms with E-state index in [9.17, 15) is 9.59 Å². The molecular formula is C40H75NO3. The molecule has 4 heteroatoms. The predicted molar refractivity (Wildman–Crippen MR) is 190 cm³/mol. The van der Waals surface area contributed by atoms with Crippen molar-refractivity contribution in [3.8, 4) is 0 Å². The molecule has 0 bridgehead atoms. The van der Waals surface area contributed by atoms with E-state index in [0.29, 0.717) is 29.9 Å². The lowest BCUT2D eigenvalue weighted by atomic mass is 9.93. The van der Waals surface area contributed by atoms with Crippen molar-refractivity contribution in [2.75, 3.05) is 26.3 Å². The number of unbranched alkanes of at least 4 members (excludes halogenated alkanes) is 16. The third kappa shape index (κ3) is 24.3. The fourth-order valence-corrected chi connectivity index (χ4v) is 6.84. The maximum absolute atomic E-state index is 12.6. The molecule has 1 aliphatic rings. The van der Waals surface area contributed by atoms with Crippen molar-refractivity contribution in [1.82, 2.24) is 4.90 Å². The van der Waals surface area contributed by atoms with Crippen LogP contribution >= 0.6 is 0 Å². The highest BCUT2D eigenvalue weighted by Gasteiger charge is 2.29. The Morgan fingerprint density at radius 1 is 0.727 bits per heavy atom. The van der Waals surface area contributed by atoms with E-state index in [1.54, 1.807) is 6.92 Å². The molecule has 0 aromatic carbocycles. The molecule has 0 spiro atoms. The first kappa shape index (κ1) is 41.0. The van der Waals surface area contributed by atoms with E-state index in [1.165, 1.54) is 122 Å². The highest BCUT2D eigenvalue weighted by molar-refractivity contribution is 5.89. The summed E-state index contributed by atoms with van der Waals surface area (Å²) in [6.07, 6.45) is 34.7. The number of nitrogens with zero attached hydrogens (tertiary/aromatic N) is 1. The molecule has 0 aliphatic carbocycles. The van der Waals surface area contributed by atoms with Crippen LogP contribution in [0.2, 0.25) is 0 Å². The van der Waals surface area contributed by atoms with Crippen molar-refractivity contribution in [3.63, 3.8) is 0 Å². The molecule has 1 aliphatic heterocycles. The summed E-state index contributed by atoms with van der Waals surface area (Å²) in [6, 6.07) is 0.563. The molecule has 2 atom stereocenters. The average Bonchev–Trinajstić information content (AvgIpc) is 3.36. The van der Waals surface area contributed by atoms with Crippen molar-refractivity contribution in [1.29, 1.82) is 0 Å². The SMILES string of the molecule is CCCCCCCCC(C=CC(=O)CCCCCCCOC[C@@H]1C[C@@H](C)CN1CCCCCC(C)=O)CCCCCCCC. The fraction of sp³-hybridized carbons (Fsp3) is 0.900. The minimum absolute atomic E-state index is 0.313. The van der Waals surface area contributed by atoms with Gasteiger partial charge >= 0.3 is 0 Å². The Balaban J connectivity index is 2.15. The van der Waals surface area contributed by atoms with Gasteiger partial charge in [0.05, 0.1) is 6.61 Å². The highest BCUT2D eigenvalue weighted by Crippen LogP contribution is 2.24. The smallest absolute Gasteiger partial charge is 0.155 e. The zero-order chi connectivity index (χ0) is 32.1. The van der Waals surface area contributed by atoms with E-state index in [-0.39, 0.29) is 0 Å². The summed E-state index contributed by atoms with van der Waals surface area (Å²) < 4.78 is 6.11. The third-order valence-corrected chi connectivity index (χ3v) is 9.64. The zero-order valence-electron chi connectivity index (χ0n) is 30.1. The van der Waals surface area contributed by atoms with E-state index in [2.05, 4.69) is 31.7 Å². The molecule has 1 heterocycles. The molecule has 258 valence electrons. The molecule has 4 nitrogen and oxygen atoms in total. The number of ether oxygens (including phenoxy) is 1. The number of hydrogen-bond acceptors (Lipinski definition) is 4. The van der Waals surface area contributed by atoms with E-state index in [4.69, 9.17) is 4.74 Å². The zero-order valence-corrected chi connectivity index (χ0v) is 30.1. The minimum Gasteiger partial charge on any atom is -0.380 e. The van der Waals surface area contributed by atoms with E-state index < -0.39 is 0 Å². The molecule has 0 radical (unpaired) electrons. The molecule has 1 rings (SSSR count). The van der Waals surface area contributed by atoms with Gasteiger partial charge in [-0.05, 0) is 76.3 Å². The number of ketones is 2. The summed E-state index contributed by atoms with van der Waals surface area (Å²) in [5, 5.41) is 0. The standard InChI is InChI=1S/C40H75NO3/c1-5-7-9-11-14-20-26-38(27-21-15-12-10-8-6-2)29-30-40(43)28-22-16-13-17-24-32-44-35-39-33-36(3)34-41(39)31-23-18-19-25-37(4)42/h29-30,36,38-39H,5-28,31-35H2,1-4H3/t36-,39+/m1/s1. The highest BCUT2D eigenvalue weighted by atomic mass is 16.5. The Morgan fingerprint density at radius 3 is 1.91 bits per heavy atom. The third-order valence-electron chi connectivity index (χ3n) is 9.64. The lowest BCUT2D eigenvalue weighted by molar-refractivity contribution is -0.117. The lowest BCUT2D eigenvalue weighted by Gasteiger charge is -2.24. The van der Waals surface area contributed by atoms with Crippen LogP contribution in [0.1, 0.15) is 188 Å². The summed E-state index contributed by atoms with van der Waals surface area (Å²) in [4.78, 5) is 26.4. The molecule has 0 unspecified atom stereocenters. The molecule has 0 aromatic rings. The summed E-state index contributed by atoms with van der Waals surface area (Å²) >= 11 is 0. The van der Waals surface area contributed by atoms with Gasteiger partial charge in [0, 0.05) is 32.0 Å². The quantitative estimate of drug-likeness (QED) is 0.0556. The van der Waals surface area contributed by atoms with Gasteiger partial charge in [-0.1, -0.05) is 130 Å². The van der Waals surface area contributed by atoms with Gasteiger partial charge in [0.1, 0.15) is 5.78 Å². The normalized spacial score (nSPS) is 17.4. The molecule has 1 fully saturated rings. The number of hydrogen-bond donors (Lipinski definition) is 0. The summed E-state index contributed by atoms with van der Waals surface area (Å²) in [7, 11) is 0. The van der Waals surface area contributed by atoms with Crippen LogP contribution in [0, 0.1) is 11.8 Å². The Hall–Kier alpha value is -1.00. The summed E-state index contributed by atoms with van der Waals surface area (Å²) in [6.45, 7) is 12.7. The van der Waals surface area contributed by atoms with Crippen LogP contribution in [0.4, 0.5) is 0 Å². The number of allylic oxidation sites excluding steroid dienone is 2. The van der Waals surface area contributed by atoms with Crippen molar-refractivity contribution in [2.24, 2.45) is 11.8 Å². The molecule has 0 saturated carbocycles. The average molecular weight is 618 g/mol. The predicted octanol–water partition coefficient (Wildman–Crippen LogP) is 11.4. The molecule has 1 saturated heterocycles. The largest absolute Gasteiger partial charge is 0.380 e. The first-order valence-electron chi connectivity index (χ1n) is 19.5. The van der Waals surface area contributed by atoms with Gasteiger partial charge in [0.2, 0.25) is 0 Å². The van der Waals surface area contributed by atoms with Crippen LogP contribution in [0.3, 0.4) is 0 Å².